The van der Waals surface area contributed by atoms with Crippen LogP contribution in [-0.4, -0.2) is 35.0 Å². The molecule has 1 aromatic carbocycles. The topological polar surface area (TPSA) is 95.5 Å². The Kier molecular flexibility index (Phi) is 7.39. The van der Waals surface area contributed by atoms with E-state index in [-0.39, 0.29) is 29.7 Å². The quantitative estimate of drug-likeness (QED) is 0.684. The van der Waals surface area contributed by atoms with Gasteiger partial charge in [0.05, 0.1) is 5.92 Å². The third-order valence-corrected chi connectivity index (χ3v) is 5.14. The summed E-state index contributed by atoms with van der Waals surface area (Å²) in [6.45, 7) is 5.89. The molecule has 0 aromatic heterocycles. The van der Waals surface area contributed by atoms with Crippen LogP contribution < -0.4 is 10.6 Å². The van der Waals surface area contributed by atoms with Crippen molar-refractivity contribution in [1.82, 2.24) is 10.6 Å². The maximum atomic E-state index is 12.8. The van der Waals surface area contributed by atoms with Crippen molar-refractivity contribution < 1.29 is 19.5 Å². The van der Waals surface area contributed by atoms with Gasteiger partial charge >= 0.3 is 5.97 Å². The van der Waals surface area contributed by atoms with Crippen LogP contribution in [0.15, 0.2) is 24.3 Å². The number of carboxylic acid groups (broad SMARTS) is 1. The summed E-state index contributed by atoms with van der Waals surface area (Å²) < 4.78 is 0. The molecule has 1 unspecified atom stereocenters. The third kappa shape index (κ3) is 6.08. The van der Waals surface area contributed by atoms with E-state index in [0.717, 1.165) is 5.56 Å². The molecule has 1 aromatic rings. The van der Waals surface area contributed by atoms with Gasteiger partial charge in [-0.2, -0.15) is 0 Å². The fourth-order valence-electron chi connectivity index (χ4n) is 3.55. The van der Waals surface area contributed by atoms with Crippen LogP contribution in [0.4, 0.5) is 0 Å². The van der Waals surface area contributed by atoms with Crippen molar-refractivity contribution in [3.8, 4) is 0 Å². The molecule has 1 aliphatic rings. The van der Waals surface area contributed by atoms with E-state index >= 15 is 0 Å². The standard InChI is InChI=1S/C21H30N2O4/c1-13(2)12-18(23-19(24)17-7-5-4-6-14(17)3)20(25)22-16-10-8-15(9-11-16)21(26)27/h4-7,13,15-16,18H,8-12H2,1-3H3,(H,22,25)(H,23,24)(H,26,27). The Hall–Kier alpha value is -2.37. The highest BCUT2D eigenvalue weighted by atomic mass is 16.4. The fourth-order valence-corrected chi connectivity index (χ4v) is 3.55. The van der Waals surface area contributed by atoms with Gasteiger partial charge in [-0.3, -0.25) is 14.4 Å². The third-order valence-electron chi connectivity index (χ3n) is 5.14. The second-order valence-corrected chi connectivity index (χ2v) is 7.87. The van der Waals surface area contributed by atoms with E-state index in [1.807, 2.05) is 32.9 Å². The maximum absolute atomic E-state index is 12.8. The number of nitrogens with one attached hydrogen (secondary N) is 2. The molecule has 0 spiro atoms. The molecule has 1 fully saturated rings. The van der Waals surface area contributed by atoms with Crippen molar-refractivity contribution in [3.63, 3.8) is 0 Å². The smallest absolute Gasteiger partial charge is 0.306 e. The highest BCUT2D eigenvalue weighted by molar-refractivity contribution is 5.98. The second kappa shape index (κ2) is 9.53. The fraction of sp³-hybridized carbons (Fsp3) is 0.571. The lowest BCUT2D eigenvalue weighted by Gasteiger charge is -2.29. The van der Waals surface area contributed by atoms with E-state index in [1.165, 1.54) is 0 Å². The summed E-state index contributed by atoms with van der Waals surface area (Å²) in [6, 6.07) is 6.67. The van der Waals surface area contributed by atoms with Gasteiger partial charge in [-0.1, -0.05) is 32.0 Å². The number of carboxylic acids is 1. The number of amides is 2. The minimum atomic E-state index is -0.761. The lowest BCUT2D eigenvalue weighted by Crippen LogP contribution is -2.51. The molecule has 1 aliphatic carbocycles. The molecule has 6 heteroatoms. The van der Waals surface area contributed by atoms with Crippen LogP contribution in [-0.2, 0) is 9.59 Å². The molecule has 0 radical (unpaired) electrons. The molecule has 3 N–H and O–H groups in total. The van der Waals surface area contributed by atoms with Crippen LogP contribution >= 0.6 is 0 Å². The van der Waals surface area contributed by atoms with Gasteiger partial charge in [0.1, 0.15) is 6.04 Å². The molecule has 1 atom stereocenters. The largest absolute Gasteiger partial charge is 0.481 e. The summed E-state index contributed by atoms with van der Waals surface area (Å²) in [5, 5.41) is 15.0. The van der Waals surface area contributed by atoms with Crippen LogP contribution in [0.2, 0.25) is 0 Å². The first kappa shape index (κ1) is 20.9. The Morgan fingerprint density at radius 2 is 1.74 bits per heavy atom. The van der Waals surface area contributed by atoms with Crippen LogP contribution in [0, 0.1) is 18.8 Å². The molecule has 1 saturated carbocycles. The van der Waals surface area contributed by atoms with E-state index in [9.17, 15) is 14.4 Å². The first-order chi connectivity index (χ1) is 12.8. The van der Waals surface area contributed by atoms with Crippen molar-refractivity contribution >= 4 is 17.8 Å². The predicted molar refractivity (Wildman–Crippen MR) is 103 cm³/mol. The maximum Gasteiger partial charge on any atom is 0.306 e. The van der Waals surface area contributed by atoms with Crippen molar-refractivity contribution in [2.75, 3.05) is 0 Å². The first-order valence-corrected chi connectivity index (χ1v) is 9.67. The average Bonchev–Trinajstić information content (AvgIpc) is 2.61. The zero-order chi connectivity index (χ0) is 20.0. The van der Waals surface area contributed by atoms with Gasteiger partial charge in [0.25, 0.3) is 5.91 Å². The van der Waals surface area contributed by atoms with Crippen molar-refractivity contribution in [2.24, 2.45) is 11.8 Å². The number of carbonyl (C=O) groups is 3. The van der Waals surface area contributed by atoms with Gasteiger partial charge < -0.3 is 15.7 Å². The number of carbonyl (C=O) groups excluding carboxylic acids is 2. The summed E-state index contributed by atoms with van der Waals surface area (Å²) in [5.74, 6) is -1.26. The van der Waals surface area contributed by atoms with Gasteiger partial charge in [0, 0.05) is 11.6 Å². The van der Waals surface area contributed by atoms with Gasteiger partial charge in [-0.25, -0.2) is 0 Å². The van der Waals surface area contributed by atoms with Crippen LogP contribution in [0.1, 0.15) is 61.9 Å². The van der Waals surface area contributed by atoms with Crippen LogP contribution in [0.25, 0.3) is 0 Å². The molecule has 0 heterocycles. The zero-order valence-corrected chi connectivity index (χ0v) is 16.3. The molecule has 27 heavy (non-hydrogen) atoms. The Morgan fingerprint density at radius 3 is 2.30 bits per heavy atom. The number of rotatable bonds is 7. The van der Waals surface area contributed by atoms with E-state index in [4.69, 9.17) is 5.11 Å². The number of hydrogen-bond acceptors (Lipinski definition) is 3. The highest BCUT2D eigenvalue weighted by Gasteiger charge is 2.29. The molecule has 0 saturated heterocycles. The Bertz CT molecular complexity index is 679. The van der Waals surface area contributed by atoms with E-state index in [2.05, 4.69) is 10.6 Å². The molecular weight excluding hydrogens is 344 g/mol. The first-order valence-electron chi connectivity index (χ1n) is 9.67. The summed E-state index contributed by atoms with van der Waals surface area (Å²) in [7, 11) is 0. The highest BCUT2D eigenvalue weighted by Crippen LogP contribution is 2.24. The van der Waals surface area contributed by atoms with Crippen molar-refractivity contribution in [3.05, 3.63) is 35.4 Å². The molecule has 6 nitrogen and oxygen atoms in total. The lowest BCUT2D eigenvalue weighted by molar-refractivity contribution is -0.142. The SMILES string of the molecule is Cc1ccccc1C(=O)NC(CC(C)C)C(=O)NC1CCC(C(=O)O)CC1. The van der Waals surface area contributed by atoms with Gasteiger partial charge in [0.2, 0.25) is 5.91 Å². The Labute approximate surface area is 160 Å². The molecule has 0 aliphatic heterocycles. The van der Waals surface area contributed by atoms with Crippen molar-refractivity contribution in [2.45, 2.75) is 65.0 Å². The summed E-state index contributed by atoms with van der Waals surface area (Å²) in [4.78, 5) is 36.4. The molecule has 148 valence electrons. The average molecular weight is 374 g/mol. The van der Waals surface area contributed by atoms with Crippen LogP contribution in [0.5, 0.6) is 0 Å². The molecule has 2 rings (SSSR count). The van der Waals surface area contributed by atoms with E-state index < -0.39 is 12.0 Å². The number of benzene rings is 1. The zero-order valence-electron chi connectivity index (χ0n) is 16.3. The van der Waals surface area contributed by atoms with E-state index in [0.29, 0.717) is 37.7 Å². The van der Waals surface area contributed by atoms with Gasteiger partial charge in [-0.05, 0) is 56.6 Å². The van der Waals surface area contributed by atoms with E-state index in [1.54, 1.807) is 12.1 Å². The number of aliphatic carboxylic acids is 1. The summed E-state index contributed by atoms with van der Waals surface area (Å²) >= 11 is 0. The molecule has 2 amide bonds. The van der Waals surface area contributed by atoms with Gasteiger partial charge in [0.15, 0.2) is 0 Å². The second-order valence-electron chi connectivity index (χ2n) is 7.87. The Balaban J connectivity index is 1.98. The Morgan fingerprint density at radius 1 is 1.11 bits per heavy atom. The number of aryl methyl sites for hydroxylation is 1. The van der Waals surface area contributed by atoms with Crippen molar-refractivity contribution in [1.29, 1.82) is 0 Å². The minimum absolute atomic E-state index is 0.0295. The molecule has 0 bridgehead atoms. The summed E-state index contributed by atoms with van der Waals surface area (Å²) in [6.07, 6.45) is 3.01. The number of hydrogen-bond donors (Lipinski definition) is 3. The lowest BCUT2D eigenvalue weighted by atomic mass is 9.86. The molecular formula is C21H30N2O4. The normalized spacial score (nSPS) is 20.7. The summed E-state index contributed by atoms with van der Waals surface area (Å²) in [5.41, 5.74) is 1.44. The predicted octanol–water partition coefficient (Wildman–Crippen LogP) is 2.90. The minimum Gasteiger partial charge on any atom is -0.481 e. The van der Waals surface area contributed by atoms with Gasteiger partial charge in [-0.15, -0.1) is 0 Å². The van der Waals surface area contributed by atoms with Crippen LogP contribution in [0.3, 0.4) is 0 Å². The monoisotopic (exact) mass is 374 g/mol.